The highest BCUT2D eigenvalue weighted by molar-refractivity contribution is 8.00. The van der Waals surface area contributed by atoms with Gasteiger partial charge in [0.25, 0.3) is 0 Å². The summed E-state index contributed by atoms with van der Waals surface area (Å²) in [6.45, 7) is 0. The monoisotopic (exact) mass is 370 g/mol. The third kappa shape index (κ3) is 5.82. The average molecular weight is 371 g/mol. The summed E-state index contributed by atoms with van der Waals surface area (Å²) >= 11 is 6.74. The SMILES string of the molecule is O=C(CSCC(=O)Nc1ccc(F)c(Cl)c1)Nc1ccc(F)cc1. The second-order valence-corrected chi connectivity index (χ2v) is 6.12. The lowest BCUT2D eigenvalue weighted by Crippen LogP contribution is -2.18. The van der Waals surface area contributed by atoms with Crippen LogP contribution in [0.1, 0.15) is 0 Å². The quantitative estimate of drug-likeness (QED) is 0.810. The molecule has 2 N–H and O–H groups in total. The number of anilines is 2. The number of halogens is 3. The van der Waals surface area contributed by atoms with Crippen LogP contribution in [0.4, 0.5) is 20.2 Å². The molecule has 0 aromatic heterocycles. The van der Waals surface area contributed by atoms with E-state index < -0.39 is 5.82 Å². The number of carbonyl (C=O) groups is 2. The van der Waals surface area contributed by atoms with Crippen LogP contribution in [-0.4, -0.2) is 23.3 Å². The molecular formula is C16H13ClF2N2O2S. The standard InChI is InChI=1S/C16H13ClF2N2O2S/c17-13-7-12(5-6-14(13)19)21-16(23)9-24-8-15(22)20-11-3-1-10(18)2-4-11/h1-7H,8-9H2,(H,20,22)(H,21,23). The predicted octanol–water partition coefficient (Wildman–Crippen LogP) is 3.93. The van der Waals surface area contributed by atoms with Crippen LogP contribution in [0.15, 0.2) is 42.5 Å². The fraction of sp³-hybridized carbons (Fsp3) is 0.125. The maximum atomic E-state index is 13.0. The fourth-order valence-corrected chi connectivity index (χ4v) is 2.54. The van der Waals surface area contributed by atoms with E-state index in [4.69, 9.17) is 11.6 Å². The molecule has 0 saturated heterocycles. The van der Waals surface area contributed by atoms with Gasteiger partial charge in [-0.1, -0.05) is 11.6 Å². The second kappa shape index (κ2) is 8.65. The topological polar surface area (TPSA) is 58.2 Å². The lowest BCUT2D eigenvalue weighted by Gasteiger charge is -2.07. The van der Waals surface area contributed by atoms with Crippen LogP contribution in [0.3, 0.4) is 0 Å². The van der Waals surface area contributed by atoms with Gasteiger partial charge in [-0.2, -0.15) is 0 Å². The van der Waals surface area contributed by atoms with Gasteiger partial charge in [0.1, 0.15) is 11.6 Å². The third-order valence-corrected chi connectivity index (χ3v) is 4.02. The van der Waals surface area contributed by atoms with Crippen molar-refractivity contribution in [2.45, 2.75) is 0 Å². The lowest BCUT2D eigenvalue weighted by molar-refractivity contribution is -0.114. The molecule has 8 heteroatoms. The van der Waals surface area contributed by atoms with Crippen LogP contribution in [0.25, 0.3) is 0 Å². The number of rotatable bonds is 6. The first kappa shape index (κ1) is 18.2. The Labute approximate surface area is 146 Å². The van der Waals surface area contributed by atoms with Gasteiger partial charge in [-0.25, -0.2) is 8.78 Å². The van der Waals surface area contributed by atoms with Crippen molar-refractivity contribution in [2.24, 2.45) is 0 Å². The molecule has 0 aliphatic heterocycles. The van der Waals surface area contributed by atoms with E-state index in [1.54, 1.807) is 0 Å². The molecule has 0 saturated carbocycles. The van der Waals surface area contributed by atoms with Gasteiger partial charge in [-0.3, -0.25) is 9.59 Å². The molecule has 126 valence electrons. The van der Waals surface area contributed by atoms with Gasteiger partial charge >= 0.3 is 0 Å². The summed E-state index contributed by atoms with van der Waals surface area (Å²) in [5.74, 6) is -1.48. The zero-order valence-electron chi connectivity index (χ0n) is 12.3. The van der Waals surface area contributed by atoms with E-state index in [-0.39, 0.29) is 34.2 Å². The van der Waals surface area contributed by atoms with Crippen molar-refractivity contribution < 1.29 is 18.4 Å². The molecule has 2 aromatic rings. The minimum Gasteiger partial charge on any atom is -0.325 e. The first-order valence-corrected chi connectivity index (χ1v) is 8.35. The van der Waals surface area contributed by atoms with Gasteiger partial charge in [-0.05, 0) is 42.5 Å². The van der Waals surface area contributed by atoms with Crippen molar-refractivity contribution in [1.29, 1.82) is 0 Å². The summed E-state index contributed by atoms with van der Waals surface area (Å²) in [5.41, 5.74) is 0.857. The molecule has 2 amide bonds. The summed E-state index contributed by atoms with van der Waals surface area (Å²) in [4.78, 5) is 23.4. The van der Waals surface area contributed by atoms with Gasteiger partial charge in [0.15, 0.2) is 0 Å². The summed E-state index contributed by atoms with van der Waals surface area (Å²) in [6.07, 6.45) is 0. The Morgan fingerprint density at radius 1 is 0.917 bits per heavy atom. The van der Waals surface area contributed by atoms with Gasteiger partial charge in [-0.15, -0.1) is 11.8 Å². The largest absolute Gasteiger partial charge is 0.325 e. The van der Waals surface area contributed by atoms with Crippen LogP contribution < -0.4 is 10.6 Å². The molecule has 0 aliphatic rings. The zero-order chi connectivity index (χ0) is 17.5. The Bertz CT molecular complexity index is 741. The molecule has 24 heavy (non-hydrogen) atoms. The number of nitrogens with one attached hydrogen (secondary N) is 2. The van der Waals surface area contributed by atoms with Crippen LogP contribution in [0.5, 0.6) is 0 Å². The first-order valence-electron chi connectivity index (χ1n) is 6.82. The van der Waals surface area contributed by atoms with E-state index in [0.29, 0.717) is 11.4 Å². The predicted molar refractivity (Wildman–Crippen MR) is 92.4 cm³/mol. The van der Waals surface area contributed by atoms with Crippen LogP contribution in [-0.2, 0) is 9.59 Å². The number of hydrogen-bond donors (Lipinski definition) is 2. The number of carbonyl (C=O) groups excluding carboxylic acids is 2. The van der Waals surface area contributed by atoms with Crippen LogP contribution >= 0.6 is 23.4 Å². The molecule has 0 atom stereocenters. The molecule has 2 rings (SSSR count). The van der Waals surface area contributed by atoms with E-state index in [1.165, 1.54) is 36.4 Å². The molecule has 0 radical (unpaired) electrons. The van der Waals surface area contributed by atoms with E-state index in [9.17, 15) is 18.4 Å². The Hall–Kier alpha value is -2.12. The minimum atomic E-state index is -0.568. The summed E-state index contributed by atoms with van der Waals surface area (Å²) in [5, 5.41) is 5.06. The lowest BCUT2D eigenvalue weighted by atomic mass is 10.3. The summed E-state index contributed by atoms with van der Waals surface area (Å²) in [7, 11) is 0. The molecule has 0 spiro atoms. The van der Waals surface area contributed by atoms with Crippen molar-refractivity contribution in [2.75, 3.05) is 22.1 Å². The summed E-state index contributed by atoms with van der Waals surface area (Å²) < 4.78 is 25.8. The molecule has 0 bridgehead atoms. The van der Waals surface area contributed by atoms with E-state index in [0.717, 1.165) is 17.8 Å². The third-order valence-electron chi connectivity index (χ3n) is 2.80. The Morgan fingerprint density at radius 2 is 1.46 bits per heavy atom. The highest BCUT2D eigenvalue weighted by Crippen LogP contribution is 2.19. The van der Waals surface area contributed by atoms with Crippen molar-refractivity contribution >= 4 is 46.6 Å². The Balaban J connectivity index is 1.72. The van der Waals surface area contributed by atoms with Gasteiger partial charge < -0.3 is 10.6 Å². The van der Waals surface area contributed by atoms with Crippen molar-refractivity contribution in [3.05, 3.63) is 59.1 Å². The van der Waals surface area contributed by atoms with E-state index >= 15 is 0 Å². The molecule has 4 nitrogen and oxygen atoms in total. The van der Waals surface area contributed by atoms with Crippen molar-refractivity contribution in [1.82, 2.24) is 0 Å². The molecular weight excluding hydrogens is 358 g/mol. The normalized spacial score (nSPS) is 10.3. The Morgan fingerprint density at radius 3 is 2.04 bits per heavy atom. The zero-order valence-corrected chi connectivity index (χ0v) is 13.9. The van der Waals surface area contributed by atoms with Crippen molar-refractivity contribution in [3.8, 4) is 0 Å². The number of thioether (sulfide) groups is 1. The average Bonchev–Trinajstić information content (AvgIpc) is 2.53. The number of amides is 2. The van der Waals surface area contributed by atoms with Crippen molar-refractivity contribution in [3.63, 3.8) is 0 Å². The minimum absolute atomic E-state index is 0.0475. The van der Waals surface area contributed by atoms with Crippen LogP contribution in [0, 0.1) is 11.6 Å². The highest BCUT2D eigenvalue weighted by atomic mass is 35.5. The van der Waals surface area contributed by atoms with E-state index in [1.807, 2.05) is 0 Å². The smallest absolute Gasteiger partial charge is 0.234 e. The Kier molecular flexibility index (Phi) is 6.57. The van der Waals surface area contributed by atoms with Crippen LogP contribution in [0.2, 0.25) is 5.02 Å². The van der Waals surface area contributed by atoms with Gasteiger partial charge in [0.05, 0.1) is 16.5 Å². The fourth-order valence-electron chi connectivity index (χ4n) is 1.74. The van der Waals surface area contributed by atoms with Gasteiger partial charge in [0.2, 0.25) is 11.8 Å². The van der Waals surface area contributed by atoms with E-state index in [2.05, 4.69) is 10.6 Å². The maximum absolute atomic E-state index is 13.0. The maximum Gasteiger partial charge on any atom is 0.234 e. The number of hydrogen-bond acceptors (Lipinski definition) is 3. The summed E-state index contributed by atoms with van der Waals surface area (Å²) in [6, 6.07) is 9.23. The second-order valence-electron chi connectivity index (χ2n) is 4.72. The molecule has 0 fully saturated rings. The number of benzene rings is 2. The first-order chi connectivity index (χ1) is 11.4. The molecule has 0 unspecified atom stereocenters. The molecule has 0 aliphatic carbocycles. The molecule has 2 aromatic carbocycles. The van der Waals surface area contributed by atoms with Gasteiger partial charge in [0, 0.05) is 11.4 Å². The molecule has 0 heterocycles. The highest BCUT2D eigenvalue weighted by Gasteiger charge is 2.08.